The number of aromatic nitrogens is 3. The molecule has 2 unspecified atom stereocenters. The van der Waals surface area contributed by atoms with Crippen molar-refractivity contribution in [2.45, 2.75) is 32.7 Å². The van der Waals surface area contributed by atoms with E-state index in [1.165, 1.54) is 18.2 Å². The van der Waals surface area contributed by atoms with Gasteiger partial charge >= 0.3 is 6.01 Å². The van der Waals surface area contributed by atoms with Gasteiger partial charge in [0, 0.05) is 28.2 Å². The first-order valence-corrected chi connectivity index (χ1v) is 11.9. The first-order valence-electron chi connectivity index (χ1n) is 11.5. The van der Waals surface area contributed by atoms with Crippen molar-refractivity contribution >= 4 is 28.3 Å². The molecule has 2 aromatic heterocycles. The smallest absolute Gasteiger partial charge is 0.319 e. The summed E-state index contributed by atoms with van der Waals surface area (Å²) in [6, 6.07) is 14.5. The quantitative estimate of drug-likeness (QED) is 0.350. The van der Waals surface area contributed by atoms with Crippen LogP contribution in [0.3, 0.4) is 0 Å². The van der Waals surface area contributed by atoms with E-state index >= 15 is 0 Å². The normalized spacial score (nSPS) is 17.8. The zero-order valence-electron chi connectivity index (χ0n) is 20.3. The summed E-state index contributed by atoms with van der Waals surface area (Å²) in [5.74, 6) is 0.737. The van der Waals surface area contributed by atoms with Gasteiger partial charge in [0.1, 0.15) is 0 Å². The number of benzene rings is 2. The van der Waals surface area contributed by atoms with E-state index in [2.05, 4.69) is 58.6 Å². The number of ether oxygens (including phenoxy) is 2. The highest BCUT2D eigenvalue weighted by molar-refractivity contribution is 6.30. The highest BCUT2D eigenvalue weighted by Gasteiger charge is 2.39. The number of fused-ring (bicyclic) bond motifs is 1. The van der Waals surface area contributed by atoms with Crippen LogP contribution in [0.1, 0.15) is 48.2 Å². The maximum Gasteiger partial charge on any atom is 0.319 e. The lowest BCUT2D eigenvalue weighted by Crippen LogP contribution is -2.19. The van der Waals surface area contributed by atoms with E-state index in [4.69, 9.17) is 25.6 Å². The van der Waals surface area contributed by atoms with Gasteiger partial charge in [-0.3, -0.25) is 0 Å². The van der Waals surface area contributed by atoms with Gasteiger partial charge in [-0.2, -0.15) is 4.98 Å². The van der Waals surface area contributed by atoms with E-state index in [-0.39, 0.29) is 23.9 Å². The summed E-state index contributed by atoms with van der Waals surface area (Å²) < 4.78 is 16.3. The maximum absolute atomic E-state index is 6.24. The van der Waals surface area contributed by atoms with Crippen molar-refractivity contribution in [3.63, 3.8) is 0 Å². The van der Waals surface area contributed by atoms with Gasteiger partial charge in [-0.1, -0.05) is 48.8 Å². The summed E-state index contributed by atoms with van der Waals surface area (Å²) in [5.41, 5.74) is 6.94. The number of nitrogens with zero attached hydrogens (tertiary/aromatic N) is 3. The van der Waals surface area contributed by atoms with E-state index in [0.29, 0.717) is 10.9 Å². The number of nitrogens with one attached hydrogen (secondary N) is 1. The molecule has 0 amide bonds. The van der Waals surface area contributed by atoms with Gasteiger partial charge in [0.2, 0.25) is 5.88 Å². The predicted octanol–water partition coefficient (Wildman–Crippen LogP) is 6.09. The van der Waals surface area contributed by atoms with Crippen molar-refractivity contribution in [2.24, 2.45) is 5.92 Å². The molecule has 2 aromatic carbocycles. The molecule has 0 aliphatic carbocycles. The third kappa shape index (κ3) is 4.10. The van der Waals surface area contributed by atoms with E-state index in [1.54, 1.807) is 13.3 Å². The third-order valence-corrected chi connectivity index (χ3v) is 6.77. The molecule has 5 rings (SSSR count). The van der Waals surface area contributed by atoms with Crippen molar-refractivity contribution in [3.8, 4) is 11.9 Å². The van der Waals surface area contributed by atoms with Crippen LogP contribution in [-0.4, -0.2) is 29.3 Å². The summed E-state index contributed by atoms with van der Waals surface area (Å²) in [5, 5.41) is 9.64. The number of methoxy groups -OCH3 is 2. The van der Waals surface area contributed by atoms with Crippen LogP contribution in [0.5, 0.6) is 11.9 Å². The number of aryl methyl sites for hydroxylation is 1. The van der Waals surface area contributed by atoms with Gasteiger partial charge in [-0.25, -0.2) is 4.98 Å². The summed E-state index contributed by atoms with van der Waals surface area (Å²) in [4.78, 5) is 8.80. The first kappa shape index (κ1) is 23.2. The molecular formula is C27H27ClN4O3. The highest BCUT2D eigenvalue weighted by atomic mass is 35.5. The van der Waals surface area contributed by atoms with Crippen LogP contribution >= 0.6 is 11.6 Å². The molecule has 1 aliphatic heterocycles. The van der Waals surface area contributed by atoms with E-state index < -0.39 is 0 Å². The molecule has 0 spiro atoms. The minimum Gasteiger partial charge on any atom is -0.480 e. The highest BCUT2D eigenvalue weighted by Crippen LogP contribution is 2.50. The molecule has 0 saturated carbocycles. The molecule has 4 aromatic rings. The largest absolute Gasteiger partial charge is 0.480 e. The standard InChI is InChI=1S/C27H27ClN4O3/c1-14(2)22-23(16-6-9-18(28)10-7-16)24(17-8-11-21-19(12-17)15(3)32-35-21)30-25(22)20-13-29-27(34-5)31-26(20)33-4/h6-14,23-24,30H,1-5H3. The van der Waals surface area contributed by atoms with Crippen LogP contribution < -0.4 is 14.8 Å². The van der Waals surface area contributed by atoms with Gasteiger partial charge in [0.05, 0.1) is 31.5 Å². The lowest BCUT2D eigenvalue weighted by Gasteiger charge is -2.25. The van der Waals surface area contributed by atoms with Gasteiger partial charge in [0.15, 0.2) is 5.58 Å². The maximum atomic E-state index is 6.24. The minimum absolute atomic E-state index is 0.0471. The van der Waals surface area contributed by atoms with E-state index in [1.807, 2.05) is 25.1 Å². The SMILES string of the molecule is COc1ncc(C2=C(C(C)C)C(c3ccc(Cl)cc3)C(c3ccc4onc(C)c4c3)N2)c(OC)n1. The lowest BCUT2D eigenvalue weighted by atomic mass is 9.79. The van der Waals surface area contributed by atoms with Crippen LogP contribution in [0.25, 0.3) is 16.7 Å². The van der Waals surface area contributed by atoms with Crippen LogP contribution in [0.2, 0.25) is 5.02 Å². The lowest BCUT2D eigenvalue weighted by molar-refractivity contribution is 0.351. The van der Waals surface area contributed by atoms with Crippen LogP contribution in [0, 0.1) is 12.8 Å². The number of halogens is 1. The Hall–Kier alpha value is -3.58. The van der Waals surface area contributed by atoms with Crippen LogP contribution in [0.15, 0.2) is 58.8 Å². The molecule has 0 fully saturated rings. The topological polar surface area (TPSA) is 82.3 Å². The molecule has 8 heteroatoms. The third-order valence-electron chi connectivity index (χ3n) is 6.52. The van der Waals surface area contributed by atoms with Crippen molar-refractivity contribution < 1.29 is 14.0 Å². The monoisotopic (exact) mass is 490 g/mol. The zero-order valence-corrected chi connectivity index (χ0v) is 21.1. The Labute approximate surface area is 209 Å². The molecule has 0 bridgehead atoms. The second-order valence-electron chi connectivity index (χ2n) is 8.94. The Morgan fingerprint density at radius 3 is 2.46 bits per heavy atom. The second-order valence-corrected chi connectivity index (χ2v) is 9.38. The average molecular weight is 491 g/mol. The molecule has 35 heavy (non-hydrogen) atoms. The van der Waals surface area contributed by atoms with Crippen molar-refractivity contribution in [1.82, 2.24) is 20.4 Å². The fourth-order valence-electron chi connectivity index (χ4n) is 4.90. The van der Waals surface area contributed by atoms with Gasteiger partial charge in [0.25, 0.3) is 0 Å². The van der Waals surface area contributed by atoms with Crippen molar-refractivity contribution in [2.75, 3.05) is 14.2 Å². The Bertz CT molecular complexity index is 1410. The fraction of sp³-hybridized carbons (Fsp3) is 0.296. The average Bonchev–Trinajstić information content (AvgIpc) is 3.45. The van der Waals surface area contributed by atoms with Gasteiger partial charge in [-0.15, -0.1) is 0 Å². The molecule has 180 valence electrons. The summed E-state index contributed by atoms with van der Waals surface area (Å²) in [6.45, 7) is 6.36. The Kier molecular flexibility index (Phi) is 6.11. The molecule has 1 aliphatic rings. The second kappa shape index (κ2) is 9.23. The molecule has 7 nitrogen and oxygen atoms in total. The summed E-state index contributed by atoms with van der Waals surface area (Å²) in [7, 11) is 3.14. The molecule has 2 atom stereocenters. The van der Waals surface area contributed by atoms with Crippen LogP contribution in [-0.2, 0) is 0 Å². The van der Waals surface area contributed by atoms with Gasteiger partial charge < -0.3 is 19.3 Å². The first-order chi connectivity index (χ1) is 16.9. The van der Waals surface area contributed by atoms with E-state index in [9.17, 15) is 0 Å². The van der Waals surface area contributed by atoms with Crippen molar-refractivity contribution in [1.29, 1.82) is 0 Å². The fourth-order valence-corrected chi connectivity index (χ4v) is 5.03. The minimum atomic E-state index is -0.0471. The Morgan fingerprint density at radius 2 is 1.77 bits per heavy atom. The van der Waals surface area contributed by atoms with Crippen LogP contribution in [0.4, 0.5) is 0 Å². The van der Waals surface area contributed by atoms with E-state index in [0.717, 1.165) is 33.5 Å². The number of rotatable bonds is 6. The van der Waals surface area contributed by atoms with Crippen molar-refractivity contribution in [3.05, 3.63) is 81.6 Å². The Morgan fingerprint density at radius 1 is 1.03 bits per heavy atom. The molecule has 1 N–H and O–H groups in total. The van der Waals surface area contributed by atoms with Gasteiger partial charge in [-0.05, 0) is 53.8 Å². The number of hydrogen-bond acceptors (Lipinski definition) is 7. The summed E-state index contributed by atoms with van der Waals surface area (Å²) in [6.07, 6.45) is 1.75. The molecular weight excluding hydrogens is 464 g/mol. The molecule has 3 heterocycles. The zero-order chi connectivity index (χ0) is 24.7. The predicted molar refractivity (Wildman–Crippen MR) is 136 cm³/mol. The molecule has 0 saturated heterocycles. The summed E-state index contributed by atoms with van der Waals surface area (Å²) >= 11 is 6.24. The Balaban J connectivity index is 1.71. The number of hydrogen-bond donors (Lipinski definition) is 1. The molecule has 0 radical (unpaired) electrons.